The number of hydrogen-bond donors (Lipinski definition) is 2. The van der Waals surface area contributed by atoms with Crippen molar-refractivity contribution in [1.82, 2.24) is 9.97 Å². The molecule has 0 saturated heterocycles. The fourth-order valence-corrected chi connectivity index (χ4v) is 4.33. The number of anilines is 1. The van der Waals surface area contributed by atoms with Crippen LogP contribution in [0.2, 0.25) is 0 Å². The summed E-state index contributed by atoms with van der Waals surface area (Å²) in [6, 6.07) is 23.3. The van der Waals surface area contributed by atoms with Crippen LogP contribution in [-0.2, 0) is 4.79 Å². The van der Waals surface area contributed by atoms with Crippen molar-refractivity contribution in [3.8, 4) is 11.3 Å². The zero-order valence-electron chi connectivity index (χ0n) is 18.1. The van der Waals surface area contributed by atoms with Gasteiger partial charge in [-0.05, 0) is 43.3 Å². The van der Waals surface area contributed by atoms with Gasteiger partial charge in [-0.15, -0.1) is 0 Å². The summed E-state index contributed by atoms with van der Waals surface area (Å²) in [5, 5.41) is 13.1. The predicted molar refractivity (Wildman–Crippen MR) is 132 cm³/mol. The Morgan fingerprint density at radius 1 is 0.941 bits per heavy atom. The first-order chi connectivity index (χ1) is 16.5. The number of carbonyl (C=O) groups excluding carboxylic acids is 1. The molecule has 0 saturated carbocycles. The largest absolute Gasteiger partial charge is 0.478 e. The van der Waals surface area contributed by atoms with E-state index >= 15 is 0 Å². The first-order valence-electron chi connectivity index (χ1n) is 10.5. The van der Waals surface area contributed by atoms with E-state index in [1.165, 1.54) is 11.8 Å². The average Bonchev–Trinajstić information content (AvgIpc) is 3.26. The molecule has 0 aliphatic heterocycles. The second-order valence-electron chi connectivity index (χ2n) is 7.65. The van der Waals surface area contributed by atoms with Gasteiger partial charge in [0.2, 0.25) is 5.91 Å². The van der Waals surface area contributed by atoms with Crippen molar-refractivity contribution in [2.45, 2.75) is 17.4 Å². The monoisotopic (exact) mass is 469 g/mol. The number of fused-ring (bicyclic) bond motifs is 2. The number of oxazole rings is 1. The minimum atomic E-state index is -1.01. The van der Waals surface area contributed by atoms with Crippen LogP contribution in [0, 0.1) is 0 Å². The van der Waals surface area contributed by atoms with Crippen molar-refractivity contribution >= 4 is 51.3 Å². The summed E-state index contributed by atoms with van der Waals surface area (Å²) < 4.78 is 5.68. The summed E-state index contributed by atoms with van der Waals surface area (Å²) in [5.41, 5.74) is 4.16. The molecule has 1 atom stereocenters. The molecule has 0 fully saturated rings. The Balaban J connectivity index is 1.31. The number of amides is 1. The summed E-state index contributed by atoms with van der Waals surface area (Å²) in [6.45, 7) is 1.79. The van der Waals surface area contributed by atoms with E-state index in [1.807, 2.05) is 30.3 Å². The molecule has 2 N–H and O–H groups in total. The van der Waals surface area contributed by atoms with Crippen molar-refractivity contribution in [2.75, 3.05) is 5.32 Å². The Morgan fingerprint density at radius 2 is 1.65 bits per heavy atom. The summed E-state index contributed by atoms with van der Waals surface area (Å²) in [5.74, 6) is -1.19. The molecule has 1 unspecified atom stereocenters. The minimum absolute atomic E-state index is 0.183. The second-order valence-corrected chi connectivity index (χ2v) is 8.94. The van der Waals surface area contributed by atoms with Crippen LogP contribution >= 0.6 is 11.8 Å². The van der Waals surface area contributed by atoms with E-state index in [0.29, 0.717) is 33.1 Å². The lowest BCUT2D eigenvalue weighted by atomic mass is 10.0. The molecule has 168 valence electrons. The van der Waals surface area contributed by atoms with Crippen LogP contribution in [0.4, 0.5) is 5.69 Å². The van der Waals surface area contributed by atoms with E-state index in [1.54, 1.807) is 55.5 Å². The number of hydrogen-bond acceptors (Lipinski definition) is 6. The van der Waals surface area contributed by atoms with Gasteiger partial charge >= 0.3 is 5.97 Å². The summed E-state index contributed by atoms with van der Waals surface area (Å²) in [4.78, 5) is 33.4. The third-order valence-corrected chi connectivity index (χ3v) is 6.26. The zero-order valence-corrected chi connectivity index (χ0v) is 18.9. The van der Waals surface area contributed by atoms with E-state index in [4.69, 9.17) is 4.42 Å². The van der Waals surface area contributed by atoms with Gasteiger partial charge in [0.05, 0.1) is 22.0 Å². The number of carbonyl (C=O) groups is 2. The maximum atomic E-state index is 12.7. The third kappa shape index (κ3) is 4.35. The van der Waals surface area contributed by atoms with Crippen LogP contribution in [0.15, 0.2) is 88.5 Å². The zero-order chi connectivity index (χ0) is 23.7. The normalized spacial score (nSPS) is 12.0. The fourth-order valence-electron chi connectivity index (χ4n) is 3.57. The third-order valence-electron chi connectivity index (χ3n) is 5.32. The van der Waals surface area contributed by atoms with E-state index in [0.717, 1.165) is 11.1 Å². The number of nitrogens with one attached hydrogen (secondary N) is 1. The van der Waals surface area contributed by atoms with Gasteiger partial charge < -0.3 is 14.8 Å². The smallest absolute Gasteiger partial charge is 0.336 e. The Bertz CT molecular complexity index is 1500. The molecule has 0 radical (unpaired) electrons. The Morgan fingerprint density at radius 3 is 2.38 bits per heavy atom. The molecular weight excluding hydrogens is 450 g/mol. The summed E-state index contributed by atoms with van der Waals surface area (Å²) >= 11 is 1.25. The van der Waals surface area contributed by atoms with Crippen LogP contribution in [0.1, 0.15) is 17.3 Å². The lowest BCUT2D eigenvalue weighted by Crippen LogP contribution is -2.22. The van der Waals surface area contributed by atoms with Crippen LogP contribution < -0.4 is 5.32 Å². The first kappa shape index (κ1) is 21.7. The molecule has 0 aliphatic carbocycles. The number of carboxylic acids is 1. The molecule has 5 aromatic rings. The van der Waals surface area contributed by atoms with Gasteiger partial charge in [-0.2, -0.15) is 0 Å². The number of thioether (sulfide) groups is 1. The number of aromatic nitrogens is 2. The number of rotatable bonds is 6. The van der Waals surface area contributed by atoms with Crippen LogP contribution in [-0.4, -0.2) is 32.2 Å². The molecule has 0 spiro atoms. The number of aromatic carboxylic acids is 1. The molecule has 5 rings (SSSR count). The Kier molecular flexibility index (Phi) is 5.73. The van der Waals surface area contributed by atoms with E-state index in [-0.39, 0.29) is 11.5 Å². The molecule has 2 heterocycles. The minimum Gasteiger partial charge on any atom is -0.478 e. The average molecular weight is 470 g/mol. The highest BCUT2D eigenvalue weighted by molar-refractivity contribution is 8.00. The van der Waals surface area contributed by atoms with Crippen LogP contribution in [0.3, 0.4) is 0 Å². The fraction of sp³-hybridized carbons (Fsp3) is 0.0769. The number of pyridine rings is 1. The van der Waals surface area contributed by atoms with Crippen LogP contribution in [0.25, 0.3) is 33.3 Å². The lowest BCUT2D eigenvalue weighted by Gasteiger charge is -2.11. The van der Waals surface area contributed by atoms with Gasteiger partial charge in [-0.1, -0.05) is 54.2 Å². The van der Waals surface area contributed by atoms with Crippen molar-refractivity contribution in [3.05, 3.63) is 84.4 Å². The number of para-hydroxylation sites is 3. The van der Waals surface area contributed by atoms with E-state index < -0.39 is 11.2 Å². The second kappa shape index (κ2) is 8.99. The molecule has 8 heteroatoms. The quantitative estimate of drug-likeness (QED) is 0.300. The van der Waals surface area contributed by atoms with E-state index in [9.17, 15) is 14.7 Å². The number of carboxylic acid groups (broad SMARTS) is 1. The number of nitrogens with zero attached hydrogens (tertiary/aromatic N) is 2. The molecular formula is C26H19N3O4S. The van der Waals surface area contributed by atoms with Crippen molar-refractivity contribution in [2.24, 2.45) is 0 Å². The van der Waals surface area contributed by atoms with Crippen LogP contribution in [0.5, 0.6) is 0 Å². The summed E-state index contributed by atoms with van der Waals surface area (Å²) in [7, 11) is 0. The van der Waals surface area contributed by atoms with Crippen molar-refractivity contribution in [1.29, 1.82) is 0 Å². The molecule has 0 bridgehead atoms. The van der Waals surface area contributed by atoms with Gasteiger partial charge in [0.25, 0.3) is 5.22 Å². The van der Waals surface area contributed by atoms with Gasteiger partial charge in [-0.25, -0.2) is 14.8 Å². The molecule has 3 aromatic carbocycles. The molecule has 0 aliphatic rings. The predicted octanol–water partition coefficient (Wildman–Crippen LogP) is 5.86. The van der Waals surface area contributed by atoms with E-state index in [2.05, 4.69) is 15.3 Å². The van der Waals surface area contributed by atoms with Gasteiger partial charge in [0, 0.05) is 16.6 Å². The Labute approximate surface area is 198 Å². The molecule has 2 aromatic heterocycles. The highest BCUT2D eigenvalue weighted by Gasteiger charge is 2.18. The number of benzene rings is 3. The lowest BCUT2D eigenvalue weighted by molar-refractivity contribution is -0.115. The first-order valence-corrected chi connectivity index (χ1v) is 11.4. The molecule has 1 amide bonds. The topological polar surface area (TPSA) is 105 Å². The molecule has 34 heavy (non-hydrogen) atoms. The maximum absolute atomic E-state index is 12.7. The standard InChI is InChI=1S/C26H19N3O4S/c1-15(34-26-29-21-8-4-5-9-23(21)33-26)24(30)27-17-12-10-16(11-13-17)22-14-19(25(31)32)18-6-2-3-7-20(18)28-22/h2-15H,1H3,(H,27,30)(H,31,32). The van der Waals surface area contributed by atoms with Crippen molar-refractivity contribution in [3.63, 3.8) is 0 Å². The highest BCUT2D eigenvalue weighted by Crippen LogP contribution is 2.28. The Hall–Kier alpha value is -4.17. The SMILES string of the molecule is CC(Sc1nc2ccccc2o1)C(=O)Nc1ccc(-c2cc(C(=O)O)c3ccccc3n2)cc1. The highest BCUT2D eigenvalue weighted by atomic mass is 32.2. The summed E-state index contributed by atoms with van der Waals surface area (Å²) in [6.07, 6.45) is 0. The van der Waals surface area contributed by atoms with Gasteiger partial charge in [-0.3, -0.25) is 4.79 Å². The molecule has 7 nitrogen and oxygen atoms in total. The van der Waals surface area contributed by atoms with Gasteiger partial charge in [0.15, 0.2) is 5.58 Å². The van der Waals surface area contributed by atoms with Gasteiger partial charge in [0.1, 0.15) is 5.52 Å². The maximum Gasteiger partial charge on any atom is 0.336 e. The van der Waals surface area contributed by atoms with Crippen molar-refractivity contribution < 1.29 is 19.1 Å².